The predicted molar refractivity (Wildman–Crippen MR) is 123 cm³/mol. The standard InChI is InChI=1S/C22H25ClN2O3S/c1-3-4-16-5-8-20(21(13-16)27-2)28-15-22(26)24-17-6-7-19(18(23)14-17)25-9-11-29-12-10-25/h3-8,13-14H,9-12,15H2,1-2H3,(H,24,26)/b4-3+. The van der Waals surface area contributed by atoms with Gasteiger partial charge in [-0.1, -0.05) is 29.8 Å². The summed E-state index contributed by atoms with van der Waals surface area (Å²) in [6.45, 7) is 3.80. The van der Waals surface area contributed by atoms with Crippen LogP contribution in [0.25, 0.3) is 6.08 Å². The van der Waals surface area contributed by atoms with Gasteiger partial charge in [0.15, 0.2) is 18.1 Å². The van der Waals surface area contributed by atoms with E-state index in [0.717, 1.165) is 35.8 Å². The number of carbonyl (C=O) groups excluding carboxylic acids is 1. The van der Waals surface area contributed by atoms with Gasteiger partial charge in [0.25, 0.3) is 5.91 Å². The van der Waals surface area contributed by atoms with E-state index in [2.05, 4.69) is 10.2 Å². The van der Waals surface area contributed by atoms with Crippen LogP contribution in [0, 0.1) is 0 Å². The number of nitrogens with one attached hydrogen (secondary N) is 1. The quantitative estimate of drug-likeness (QED) is 0.670. The number of rotatable bonds is 7. The Hall–Kier alpha value is -2.31. The Balaban J connectivity index is 1.59. The van der Waals surface area contributed by atoms with E-state index in [-0.39, 0.29) is 12.5 Å². The number of anilines is 2. The minimum Gasteiger partial charge on any atom is -0.493 e. The molecule has 1 N–H and O–H groups in total. The summed E-state index contributed by atoms with van der Waals surface area (Å²) in [5.41, 5.74) is 2.66. The number of allylic oxidation sites excluding steroid dienone is 1. The Kier molecular flexibility index (Phi) is 7.72. The maximum absolute atomic E-state index is 12.3. The fourth-order valence-corrected chi connectivity index (χ4v) is 4.29. The fourth-order valence-electron chi connectivity index (χ4n) is 3.09. The Morgan fingerprint density at radius 3 is 2.69 bits per heavy atom. The van der Waals surface area contributed by atoms with Crippen LogP contribution >= 0.6 is 23.4 Å². The Bertz CT molecular complexity index is 882. The molecule has 1 aliphatic heterocycles. The molecular weight excluding hydrogens is 408 g/mol. The highest BCUT2D eigenvalue weighted by Gasteiger charge is 2.15. The van der Waals surface area contributed by atoms with E-state index in [1.165, 1.54) is 0 Å². The molecule has 5 nitrogen and oxygen atoms in total. The van der Waals surface area contributed by atoms with E-state index < -0.39 is 0 Å². The van der Waals surface area contributed by atoms with E-state index in [1.807, 2.05) is 55.1 Å². The van der Waals surface area contributed by atoms with Crippen molar-refractivity contribution in [2.45, 2.75) is 6.92 Å². The SMILES string of the molecule is C/C=C/c1ccc(OCC(=O)Nc2ccc(N3CCSCC3)c(Cl)c2)c(OC)c1. The van der Waals surface area contributed by atoms with Crippen molar-refractivity contribution in [1.82, 2.24) is 0 Å². The Labute approximate surface area is 181 Å². The van der Waals surface area contributed by atoms with E-state index in [1.54, 1.807) is 19.2 Å². The van der Waals surface area contributed by atoms with Crippen LogP contribution < -0.4 is 19.7 Å². The number of thioether (sulfide) groups is 1. The van der Waals surface area contributed by atoms with Crippen LogP contribution in [0.1, 0.15) is 12.5 Å². The van der Waals surface area contributed by atoms with Crippen LogP contribution in [-0.2, 0) is 4.79 Å². The lowest BCUT2D eigenvalue weighted by Gasteiger charge is -2.29. The van der Waals surface area contributed by atoms with Crippen LogP contribution in [0.15, 0.2) is 42.5 Å². The molecule has 1 aliphatic rings. The molecule has 154 valence electrons. The highest BCUT2D eigenvalue weighted by atomic mass is 35.5. The van der Waals surface area contributed by atoms with Gasteiger partial charge in [0, 0.05) is 30.3 Å². The van der Waals surface area contributed by atoms with Crippen molar-refractivity contribution in [3.63, 3.8) is 0 Å². The first-order valence-electron chi connectivity index (χ1n) is 9.46. The molecule has 1 amide bonds. The van der Waals surface area contributed by atoms with Crippen molar-refractivity contribution in [1.29, 1.82) is 0 Å². The molecule has 0 atom stereocenters. The van der Waals surface area contributed by atoms with Crippen molar-refractivity contribution in [2.24, 2.45) is 0 Å². The molecule has 0 aliphatic carbocycles. The van der Waals surface area contributed by atoms with Gasteiger partial charge in [0.05, 0.1) is 17.8 Å². The molecule has 3 rings (SSSR count). The Morgan fingerprint density at radius 2 is 2.00 bits per heavy atom. The fraction of sp³-hybridized carbons (Fsp3) is 0.318. The summed E-state index contributed by atoms with van der Waals surface area (Å²) >= 11 is 8.40. The summed E-state index contributed by atoms with van der Waals surface area (Å²) < 4.78 is 11.0. The number of carbonyl (C=O) groups is 1. The molecule has 1 saturated heterocycles. The molecule has 7 heteroatoms. The first-order valence-corrected chi connectivity index (χ1v) is 11.0. The normalized spacial score (nSPS) is 14.1. The summed E-state index contributed by atoms with van der Waals surface area (Å²) in [6, 6.07) is 11.2. The van der Waals surface area contributed by atoms with Gasteiger partial charge < -0.3 is 19.7 Å². The van der Waals surface area contributed by atoms with Gasteiger partial charge in [0.1, 0.15) is 0 Å². The maximum Gasteiger partial charge on any atom is 0.262 e. The molecule has 0 aromatic heterocycles. The average Bonchev–Trinajstić information content (AvgIpc) is 2.73. The molecule has 0 unspecified atom stereocenters. The first kappa shape index (κ1) is 21.4. The van der Waals surface area contributed by atoms with Crippen molar-refractivity contribution >= 4 is 46.7 Å². The van der Waals surface area contributed by atoms with Crippen molar-refractivity contribution in [2.75, 3.05) is 48.5 Å². The second kappa shape index (κ2) is 10.5. The van der Waals surface area contributed by atoms with Crippen LogP contribution in [-0.4, -0.2) is 44.2 Å². The second-order valence-electron chi connectivity index (χ2n) is 6.51. The van der Waals surface area contributed by atoms with Crippen LogP contribution in [0.5, 0.6) is 11.5 Å². The number of benzene rings is 2. The van der Waals surface area contributed by atoms with Crippen LogP contribution in [0.2, 0.25) is 5.02 Å². The highest BCUT2D eigenvalue weighted by Crippen LogP contribution is 2.31. The zero-order valence-corrected chi connectivity index (χ0v) is 18.2. The number of methoxy groups -OCH3 is 1. The van der Waals surface area contributed by atoms with Crippen LogP contribution in [0.4, 0.5) is 11.4 Å². The second-order valence-corrected chi connectivity index (χ2v) is 8.14. The van der Waals surface area contributed by atoms with Gasteiger partial charge in [-0.05, 0) is 42.8 Å². The largest absolute Gasteiger partial charge is 0.493 e. The summed E-state index contributed by atoms with van der Waals surface area (Å²) in [6.07, 6.45) is 3.92. The number of ether oxygens (including phenoxy) is 2. The molecule has 0 saturated carbocycles. The van der Waals surface area contributed by atoms with Gasteiger partial charge in [0.2, 0.25) is 0 Å². The molecule has 1 heterocycles. The van der Waals surface area contributed by atoms with E-state index in [9.17, 15) is 4.79 Å². The lowest BCUT2D eigenvalue weighted by molar-refractivity contribution is -0.118. The molecule has 0 radical (unpaired) electrons. The maximum atomic E-state index is 12.3. The molecule has 0 bridgehead atoms. The summed E-state index contributed by atoms with van der Waals surface area (Å²) in [5, 5.41) is 3.47. The third-order valence-corrected chi connectivity index (χ3v) is 5.73. The third kappa shape index (κ3) is 5.84. The van der Waals surface area contributed by atoms with Gasteiger partial charge in [-0.15, -0.1) is 0 Å². The topological polar surface area (TPSA) is 50.8 Å². The molecule has 2 aromatic carbocycles. The number of hydrogen-bond acceptors (Lipinski definition) is 5. The molecule has 2 aromatic rings. The predicted octanol–water partition coefficient (Wildman–Crippen LogP) is 4.95. The van der Waals surface area contributed by atoms with E-state index >= 15 is 0 Å². The van der Waals surface area contributed by atoms with Crippen molar-refractivity contribution in [3.05, 3.63) is 53.1 Å². The molecular formula is C22H25ClN2O3S. The van der Waals surface area contributed by atoms with Crippen molar-refractivity contribution in [3.8, 4) is 11.5 Å². The third-order valence-electron chi connectivity index (χ3n) is 4.49. The Morgan fingerprint density at radius 1 is 1.21 bits per heavy atom. The highest BCUT2D eigenvalue weighted by molar-refractivity contribution is 7.99. The van der Waals surface area contributed by atoms with Gasteiger partial charge >= 0.3 is 0 Å². The van der Waals surface area contributed by atoms with Crippen molar-refractivity contribution < 1.29 is 14.3 Å². The lowest BCUT2D eigenvalue weighted by atomic mass is 10.2. The molecule has 0 spiro atoms. The number of halogens is 1. The monoisotopic (exact) mass is 432 g/mol. The summed E-state index contributed by atoms with van der Waals surface area (Å²) in [5.74, 6) is 3.05. The minimum atomic E-state index is -0.261. The summed E-state index contributed by atoms with van der Waals surface area (Å²) in [4.78, 5) is 14.6. The molecule has 29 heavy (non-hydrogen) atoms. The van der Waals surface area contributed by atoms with E-state index in [4.69, 9.17) is 21.1 Å². The number of hydrogen-bond donors (Lipinski definition) is 1. The minimum absolute atomic E-state index is 0.123. The number of nitrogens with zero attached hydrogens (tertiary/aromatic N) is 1. The zero-order chi connectivity index (χ0) is 20.6. The van der Waals surface area contributed by atoms with Gasteiger partial charge in [-0.25, -0.2) is 0 Å². The molecule has 1 fully saturated rings. The van der Waals surface area contributed by atoms with Crippen LogP contribution in [0.3, 0.4) is 0 Å². The smallest absolute Gasteiger partial charge is 0.262 e. The first-order chi connectivity index (χ1) is 14.1. The van der Waals surface area contributed by atoms with E-state index in [0.29, 0.717) is 22.2 Å². The zero-order valence-electron chi connectivity index (χ0n) is 16.6. The number of amides is 1. The lowest BCUT2D eigenvalue weighted by Crippen LogP contribution is -2.32. The average molecular weight is 433 g/mol. The van der Waals surface area contributed by atoms with Gasteiger partial charge in [-0.3, -0.25) is 4.79 Å². The summed E-state index contributed by atoms with van der Waals surface area (Å²) in [7, 11) is 1.58. The van der Waals surface area contributed by atoms with Gasteiger partial charge in [-0.2, -0.15) is 11.8 Å².